The van der Waals surface area contributed by atoms with E-state index in [1.807, 2.05) is 22.9 Å². The van der Waals surface area contributed by atoms with E-state index in [1.165, 1.54) is 19.2 Å². The Morgan fingerprint density at radius 1 is 1.11 bits per heavy atom. The van der Waals surface area contributed by atoms with Crippen molar-refractivity contribution in [3.8, 4) is 0 Å². The number of ether oxygens (including phenoxy) is 1. The first-order valence-electron chi connectivity index (χ1n) is 8.91. The minimum atomic E-state index is -0.346. The lowest BCUT2D eigenvalue weighted by molar-refractivity contribution is 0.0601. The van der Waals surface area contributed by atoms with Crippen LogP contribution < -0.4 is 4.90 Å². The molecule has 1 saturated heterocycles. The van der Waals surface area contributed by atoms with Gasteiger partial charge < -0.3 is 9.64 Å². The van der Waals surface area contributed by atoms with Crippen molar-refractivity contribution in [3.05, 3.63) is 60.0 Å². The molecule has 0 amide bonds. The highest BCUT2D eigenvalue weighted by atomic mass is 19.1. The van der Waals surface area contributed by atoms with Crippen LogP contribution in [-0.4, -0.2) is 53.9 Å². The van der Waals surface area contributed by atoms with Gasteiger partial charge in [0.1, 0.15) is 5.82 Å². The number of fused-ring (bicyclic) bond motifs is 1. The van der Waals surface area contributed by atoms with E-state index in [-0.39, 0.29) is 11.8 Å². The van der Waals surface area contributed by atoms with E-state index in [0.29, 0.717) is 12.2 Å². The van der Waals surface area contributed by atoms with Crippen molar-refractivity contribution >= 4 is 22.6 Å². The van der Waals surface area contributed by atoms with Crippen LogP contribution in [0.3, 0.4) is 0 Å². The van der Waals surface area contributed by atoms with Crippen molar-refractivity contribution in [2.75, 3.05) is 38.2 Å². The summed E-state index contributed by atoms with van der Waals surface area (Å²) in [6, 6.07) is 12.1. The third-order valence-corrected chi connectivity index (χ3v) is 4.96. The quantitative estimate of drug-likeness (QED) is 0.663. The lowest BCUT2D eigenvalue weighted by atomic mass is 10.1. The Hall–Kier alpha value is -2.93. The lowest BCUT2D eigenvalue weighted by Crippen LogP contribution is -2.46. The summed E-state index contributed by atoms with van der Waals surface area (Å²) in [6.07, 6.45) is 1.77. The van der Waals surface area contributed by atoms with Gasteiger partial charge in [0.05, 0.1) is 31.1 Å². The van der Waals surface area contributed by atoms with E-state index in [0.717, 1.165) is 42.8 Å². The fourth-order valence-electron chi connectivity index (χ4n) is 3.43. The molecule has 2 heterocycles. The zero-order valence-corrected chi connectivity index (χ0v) is 15.1. The van der Waals surface area contributed by atoms with Crippen LogP contribution in [0.4, 0.5) is 10.1 Å². The molecule has 3 aromatic rings. The maximum Gasteiger partial charge on any atom is 0.337 e. The van der Waals surface area contributed by atoms with Crippen LogP contribution in [0, 0.1) is 5.82 Å². The highest BCUT2D eigenvalue weighted by Crippen LogP contribution is 2.19. The van der Waals surface area contributed by atoms with E-state index >= 15 is 0 Å². The smallest absolute Gasteiger partial charge is 0.337 e. The number of aromatic nitrogens is 2. The van der Waals surface area contributed by atoms with Gasteiger partial charge in [-0.1, -0.05) is 0 Å². The molecule has 0 aliphatic carbocycles. The summed E-state index contributed by atoms with van der Waals surface area (Å²) in [5, 5.41) is 5.39. The third kappa shape index (κ3) is 3.64. The molecule has 0 bridgehead atoms. The van der Waals surface area contributed by atoms with Gasteiger partial charge in [0.15, 0.2) is 0 Å². The summed E-state index contributed by atoms with van der Waals surface area (Å²) in [4.78, 5) is 16.3. The monoisotopic (exact) mass is 368 g/mol. The standard InChI is InChI=1S/C20H21FN4O2/c1-27-20(26)15-2-7-19-16(12-15)13-22-25(19)14-23-8-10-24(11-9-23)18-5-3-17(21)4-6-18/h2-7,12-13H,8-11,14H2,1H3. The van der Waals surface area contributed by atoms with E-state index in [2.05, 4.69) is 14.9 Å². The van der Waals surface area contributed by atoms with Crippen molar-refractivity contribution < 1.29 is 13.9 Å². The summed E-state index contributed by atoms with van der Waals surface area (Å²) >= 11 is 0. The van der Waals surface area contributed by atoms with E-state index in [4.69, 9.17) is 4.74 Å². The second-order valence-corrected chi connectivity index (χ2v) is 6.63. The first-order chi connectivity index (χ1) is 13.1. The van der Waals surface area contributed by atoms with Crippen LogP contribution in [0.2, 0.25) is 0 Å². The molecule has 0 atom stereocenters. The molecule has 0 N–H and O–H groups in total. The number of carbonyl (C=O) groups excluding carboxylic acids is 1. The number of carbonyl (C=O) groups is 1. The van der Waals surface area contributed by atoms with Gasteiger partial charge in [0.25, 0.3) is 0 Å². The molecule has 1 fully saturated rings. The normalized spacial score (nSPS) is 15.3. The summed E-state index contributed by atoms with van der Waals surface area (Å²) in [5.41, 5.74) is 2.57. The van der Waals surface area contributed by atoms with Crippen LogP contribution in [0.1, 0.15) is 10.4 Å². The number of hydrogen-bond donors (Lipinski definition) is 0. The molecule has 7 heteroatoms. The highest BCUT2D eigenvalue weighted by molar-refractivity contribution is 5.94. The first kappa shape index (κ1) is 17.5. The number of methoxy groups -OCH3 is 1. The molecular formula is C20H21FN4O2. The average Bonchev–Trinajstić information content (AvgIpc) is 3.10. The second-order valence-electron chi connectivity index (χ2n) is 6.63. The fraction of sp³-hybridized carbons (Fsp3) is 0.300. The molecule has 6 nitrogen and oxygen atoms in total. The number of hydrogen-bond acceptors (Lipinski definition) is 5. The van der Waals surface area contributed by atoms with E-state index < -0.39 is 0 Å². The van der Waals surface area contributed by atoms with Gasteiger partial charge in [-0.3, -0.25) is 9.58 Å². The Bertz CT molecular complexity index is 946. The van der Waals surface area contributed by atoms with Crippen LogP contribution in [-0.2, 0) is 11.4 Å². The topological polar surface area (TPSA) is 50.6 Å². The predicted octanol–water partition coefficient (Wildman–Crippen LogP) is 2.74. The number of anilines is 1. The van der Waals surface area contributed by atoms with Gasteiger partial charge in [-0.25, -0.2) is 9.18 Å². The van der Waals surface area contributed by atoms with Crippen LogP contribution >= 0.6 is 0 Å². The summed E-state index contributed by atoms with van der Waals surface area (Å²) < 4.78 is 19.8. The zero-order chi connectivity index (χ0) is 18.8. The molecule has 0 saturated carbocycles. The van der Waals surface area contributed by atoms with Crippen molar-refractivity contribution in [2.45, 2.75) is 6.67 Å². The lowest BCUT2D eigenvalue weighted by Gasteiger charge is -2.36. The van der Waals surface area contributed by atoms with Gasteiger partial charge in [0.2, 0.25) is 0 Å². The maximum absolute atomic E-state index is 13.1. The molecule has 0 unspecified atom stereocenters. The van der Waals surface area contributed by atoms with Crippen LogP contribution in [0.5, 0.6) is 0 Å². The first-order valence-corrected chi connectivity index (χ1v) is 8.91. The fourth-order valence-corrected chi connectivity index (χ4v) is 3.43. The Labute approximate surface area is 156 Å². The van der Waals surface area contributed by atoms with Gasteiger partial charge in [0, 0.05) is 37.3 Å². The van der Waals surface area contributed by atoms with Gasteiger partial charge in [-0.15, -0.1) is 0 Å². The largest absolute Gasteiger partial charge is 0.465 e. The van der Waals surface area contributed by atoms with Crippen LogP contribution in [0.25, 0.3) is 10.9 Å². The minimum Gasteiger partial charge on any atom is -0.465 e. The number of piperazine rings is 1. The summed E-state index contributed by atoms with van der Waals surface area (Å²) in [5.74, 6) is -0.556. The van der Waals surface area contributed by atoms with E-state index in [1.54, 1.807) is 18.3 Å². The number of halogens is 1. The summed E-state index contributed by atoms with van der Waals surface area (Å²) in [6.45, 7) is 4.27. The Morgan fingerprint density at radius 3 is 2.56 bits per heavy atom. The van der Waals surface area contributed by atoms with Crippen LogP contribution in [0.15, 0.2) is 48.7 Å². The van der Waals surface area contributed by atoms with Crippen molar-refractivity contribution in [1.82, 2.24) is 14.7 Å². The molecule has 1 aliphatic heterocycles. The molecular weight excluding hydrogens is 347 g/mol. The highest BCUT2D eigenvalue weighted by Gasteiger charge is 2.18. The average molecular weight is 368 g/mol. The molecule has 0 spiro atoms. The number of esters is 1. The maximum atomic E-state index is 13.1. The zero-order valence-electron chi connectivity index (χ0n) is 15.1. The Balaban J connectivity index is 1.41. The Kier molecular flexibility index (Phi) is 4.77. The molecule has 1 aromatic heterocycles. The molecule has 140 valence electrons. The molecule has 0 radical (unpaired) electrons. The molecule has 27 heavy (non-hydrogen) atoms. The Morgan fingerprint density at radius 2 is 1.85 bits per heavy atom. The van der Waals surface area contributed by atoms with E-state index in [9.17, 15) is 9.18 Å². The van der Waals surface area contributed by atoms with Crippen molar-refractivity contribution in [1.29, 1.82) is 0 Å². The second kappa shape index (κ2) is 7.36. The minimum absolute atomic E-state index is 0.210. The SMILES string of the molecule is COC(=O)c1ccc2c(cnn2CN2CCN(c3ccc(F)cc3)CC2)c1. The number of benzene rings is 2. The third-order valence-electron chi connectivity index (χ3n) is 4.96. The summed E-state index contributed by atoms with van der Waals surface area (Å²) in [7, 11) is 1.38. The molecule has 2 aromatic carbocycles. The van der Waals surface area contributed by atoms with Crippen molar-refractivity contribution in [2.24, 2.45) is 0 Å². The van der Waals surface area contributed by atoms with Crippen molar-refractivity contribution in [3.63, 3.8) is 0 Å². The number of nitrogens with zero attached hydrogens (tertiary/aromatic N) is 4. The van der Waals surface area contributed by atoms with Gasteiger partial charge >= 0.3 is 5.97 Å². The van der Waals surface area contributed by atoms with Gasteiger partial charge in [-0.05, 0) is 42.5 Å². The predicted molar refractivity (Wildman–Crippen MR) is 101 cm³/mol. The molecule has 1 aliphatic rings. The number of rotatable bonds is 4. The van der Waals surface area contributed by atoms with Gasteiger partial charge in [-0.2, -0.15) is 5.10 Å². The molecule has 4 rings (SSSR count).